The lowest BCUT2D eigenvalue weighted by Gasteiger charge is -2.15. The first-order chi connectivity index (χ1) is 13.8. The van der Waals surface area contributed by atoms with Gasteiger partial charge in [-0.25, -0.2) is 17.2 Å². The molecule has 1 N–H and O–H groups in total. The van der Waals surface area contributed by atoms with Crippen LogP contribution in [0.25, 0.3) is 10.9 Å². The van der Waals surface area contributed by atoms with Crippen molar-refractivity contribution in [2.24, 2.45) is 0 Å². The first-order valence-corrected chi connectivity index (χ1v) is 11.0. The van der Waals surface area contributed by atoms with Gasteiger partial charge in [0, 0.05) is 11.6 Å². The molecule has 1 fully saturated rings. The van der Waals surface area contributed by atoms with Gasteiger partial charge in [-0.1, -0.05) is 23.8 Å². The zero-order chi connectivity index (χ0) is 20.8. The van der Waals surface area contributed by atoms with E-state index in [4.69, 9.17) is 4.74 Å². The van der Waals surface area contributed by atoms with Gasteiger partial charge in [-0.3, -0.25) is 0 Å². The van der Waals surface area contributed by atoms with Crippen LogP contribution in [0.1, 0.15) is 46.7 Å². The van der Waals surface area contributed by atoms with Gasteiger partial charge >= 0.3 is 5.97 Å². The third-order valence-corrected chi connectivity index (χ3v) is 7.37. The zero-order valence-corrected chi connectivity index (χ0v) is 17.1. The number of rotatable bonds is 4. The Balaban J connectivity index is 1.95. The average molecular weight is 413 g/mol. The normalized spacial score (nSPS) is 19.6. The van der Waals surface area contributed by atoms with Crippen LogP contribution in [0.4, 0.5) is 0 Å². The molecular weight excluding hydrogens is 390 g/mol. The maximum atomic E-state index is 13.3. The number of carbonyl (C=O) groups excluding carboxylic acids is 1. The summed E-state index contributed by atoms with van der Waals surface area (Å²) in [6.45, 7) is 1.89. The number of benzene rings is 2. The Morgan fingerprint density at radius 1 is 1.10 bits per heavy atom. The maximum absolute atomic E-state index is 13.3. The van der Waals surface area contributed by atoms with Gasteiger partial charge in [-0.2, -0.15) is 0 Å². The highest BCUT2D eigenvalue weighted by atomic mass is 32.2. The SMILES string of the molecule is COC(=O)c1ccc([C@H]2CCC(O)C2)c2ccn(S(=O)(=O)c3ccc(C)cc3)c12. The number of esters is 1. The lowest BCUT2D eigenvalue weighted by atomic mass is 9.93. The number of nitrogens with zero attached hydrogens (tertiary/aromatic N) is 1. The topological polar surface area (TPSA) is 85.6 Å². The van der Waals surface area contributed by atoms with E-state index in [-0.39, 0.29) is 22.5 Å². The second kappa shape index (κ2) is 7.31. The molecule has 0 radical (unpaired) electrons. The molecule has 1 aromatic heterocycles. The summed E-state index contributed by atoms with van der Waals surface area (Å²) in [6, 6.07) is 11.8. The Morgan fingerprint density at radius 3 is 2.45 bits per heavy atom. The number of aromatic nitrogens is 1. The predicted molar refractivity (Wildman–Crippen MR) is 110 cm³/mol. The van der Waals surface area contributed by atoms with Crippen LogP contribution < -0.4 is 0 Å². The van der Waals surface area contributed by atoms with Crippen LogP contribution in [0.15, 0.2) is 53.6 Å². The van der Waals surface area contributed by atoms with Gasteiger partial charge in [0.2, 0.25) is 0 Å². The van der Waals surface area contributed by atoms with Crippen LogP contribution in [0.3, 0.4) is 0 Å². The number of hydrogen-bond donors (Lipinski definition) is 1. The second-order valence-electron chi connectivity index (χ2n) is 7.55. The van der Waals surface area contributed by atoms with Crippen molar-refractivity contribution < 1.29 is 23.1 Å². The Bertz CT molecular complexity index is 1180. The van der Waals surface area contributed by atoms with Crippen molar-refractivity contribution in [3.63, 3.8) is 0 Å². The number of ether oxygens (including phenoxy) is 1. The highest BCUT2D eigenvalue weighted by Crippen LogP contribution is 2.39. The lowest BCUT2D eigenvalue weighted by molar-refractivity contribution is 0.0602. The quantitative estimate of drug-likeness (QED) is 0.661. The van der Waals surface area contributed by atoms with Crippen LogP contribution in [0.5, 0.6) is 0 Å². The molecule has 1 heterocycles. The molecule has 0 spiro atoms. The van der Waals surface area contributed by atoms with Crippen LogP contribution in [-0.4, -0.2) is 36.7 Å². The predicted octanol–water partition coefficient (Wildman–Crippen LogP) is 3.60. The summed E-state index contributed by atoms with van der Waals surface area (Å²) >= 11 is 0. The van der Waals surface area contributed by atoms with Gasteiger partial charge in [0.1, 0.15) is 0 Å². The number of aliphatic hydroxyl groups is 1. The molecule has 1 aliphatic rings. The van der Waals surface area contributed by atoms with E-state index in [1.165, 1.54) is 13.3 Å². The van der Waals surface area contributed by atoms with Crippen molar-refractivity contribution in [2.45, 2.75) is 43.1 Å². The minimum Gasteiger partial charge on any atom is -0.465 e. The van der Waals surface area contributed by atoms with Gasteiger partial charge in [-0.15, -0.1) is 0 Å². The van der Waals surface area contributed by atoms with Crippen molar-refractivity contribution in [1.82, 2.24) is 3.97 Å². The molecule has 1 saturated carbocycles. The first kappa shape index (κ1) is 19.7. The monoisotopic (exact) mass is 413 g/mol. The summed E-state index contributed by atoms with van der Waals surface area (Å²) in [7, 11) is -2.62. The molecule has 29 heavy (non-hydrogen) atoms. The molecule has 2 atom stereocenters. The Labute approximate surface area is 169 Å². The largest absolute Gasteiger partial charge is 0.465 e. The van der Waals surface area contributed by atoms with Gasteiger partial charge in [0.25, 0.3) is 10.0 Å². The van der Waals surface area contributed by atoms with Crippen LogP contribution in [0.2, 0.25) is 0 Å². The molecule has 1 aliphatic carbocycles. The van der Waals surface area contributed by atoms with E-state index in [1.54, 1.807) is 36.4 Å². The maximum Gasteiger partial charge on any atom is 0.340 e. The Kier molecular flexibility index (Phi) is 4.96. The minimum atomic E-state index is -3.89. The zero-order valence-electron chi connectivity index (χ0n) is 16.3. The number of hydrogen-bond acceptors (Lipinski definition) is 5. The molecule has 0 amide bonds. The fourth-order valence-electron chi connectivity index (χ4n) is 4.15. The van der Waals surface area contributed by atoms with Crippen molar-refractivity contribution >= 4 is 26.9 Å². The molecule has 2 aromatic carbocycles. The van der Waals surface area contributed by atoms with E-state index in [2.05, 4.69) is 0 Å². The van der Waals surface area contributed by atoms with Gasteiger partial charge in [0.05, 0.1) is 29.2 Å². The minimum absolute atomic E-state index is 0.122. The summed E-state index contributed by atoms with van der Waals surface area (Å²) in [4.78, 5) is 12.6. The summed E-state index contributed by atoms with van der Waals surface area (Å²) in [6.07, 6.45) is 3.30. The van der Waals surface area contributed by atoms with E-state index in [9.17, 15) is 18.3 Å². The number of aliphatic hydroxyl groups excluding tert-OH is 1. The molecule has 6 nitrogen and oxygen atoms in total. The molecule has 7 heteroatoms. The highest BCUT2D eigenvalue weighted by Gasteiger charge is 2.29. The summed E-state index contributed by atoms with van der Waals surface area (Å²) in [5.41, 5.74) is 2.42. The average Bonchev–Trinajstić information content (AvgIpc) is 3.34. The molecular formula is C22H23NO5S. The van der Waals surface area contributed by atoms with Crippen molar-refractivity contribution in [3.05, 3.63) is 65.4 Å². The van der Waals surface area contributed by atoms with Crippen LogP contribution >= 0.6 is 0 Å². The highest BCUT2D eigenvalue weighted by molar-refractivity contribution is 7.90. The smallest absolute Gasteiger partial charge is 0.340 e. The molecule has 1 unspecified atom stereocenters. The van der Waals surface area contributed by atoms with Gasteiger partial charge in [0.15, 0.2) is 0 Å². The standard InChI is InChI=1S/C22H23NO5S/c1-14-3-7-17(8-4-14)29(26,27)23-12-11-19-18(15-5-6-16(24)13-15)9-10-20(21(19)23)22(25)28-2/h3-4,7-12,15-16,24H,5-6,13H2,1-2H3/t15-,16?/m0/s1. The molecule has 3 aromatic rings. The molecule has 152 valence electrons. The van der Waals surface area contributed by atoms with E-state index in [0.717, 1.165) is 21.5 Å². The van der Waals surface area contributed by atoms with Crippen molar-refractivity contribution in [3.8, 4) is 0 Å². The van der Waals surface area contributed by atoms with Gasteiger partial charge in [-0.05, 0) is 61.9 Å². The number of fused-ring (bicyclic) bond motifs is 1. The first-order valence-electron chi connectivity index (χ1n) is 9.55. The number of carbonyl (C=O) groups is 1. The van der Waals surface area contributed by atoms with E-state index >= 15 is 0 Å². The van der Waals surface area contributed by atoms with E-state index < -0.39 is 16.0 Å². The Morgan fingerprint density at radius 2 is 1.83 bits per heavy atom. The third kappa shape index (κ3) is 3.34. The molecule has 4 rings (SSSR count). The fraction of sp³-hybridized carbons (Fsp3) is 0.318. The summed E-state index contributed by atoms with van der Waals surface area (Å²) in [5.74, 6) is -0.468. The summed E-state index contributed by atoms with van der Waals surface area (Å²) in [5, 5.41) is 10.6. The van der Waals surface area contributed by atoms with Crippen LogP contribution in [0, 0.1) is 6.92 Å². The van der Waals surface area contributed by atoms with Crippen molar-refractivity contribution in [2.75, 3.05) is 7.11 Å². The third-order valence-electron chi connectivity index (χ3n) is 5.68. The van der Waals surface area contributed by atoms with Crippen molar-refractivity contribution in [1.29, 1.82) is 0 Å². The molecule has 0 bridgehead atoms. The molecule has 0 aliphatic heterocycles. The number of methoxy groups -OCH3 is 1. The van der Waals surface area contributed by atoms with Crippen LogP contribution in [-0.2, 0) is 14.8 Å². The second-order valence-corrected chi connectivity index (χ2v) is 9.36. The fourth-order valence-corrected chi connectivity index (χ4v) is 5.51. The van der Waals surface area contributed by atoms with E-state index in [1.807, 2.05) is 13.0 Å². The Hall–Kier alpha value is -2.64. The molecule has 0 saturated heterocycles. The van der Waals surface area contributed by atoms with E-state index in [0.29, 0.717) is 23.7 Å². The number of aryl methyl sites for hydroxylation is 1. The summed E-state index contributed by atoms with van der Waals surface area (Å²) < 4.78 is 32.7. The lowest BCUT2D eigenvalue weighted by Crippen LogP contribution is -2.15. The van der Waals surface area contributed by atoms with Gasteiger partial charge < -0.3 is 9.84 Å².